The van der Waals surface area contributed by atoms with Crippen LogP contribution in [0.4, 0.5) is 0 Å². The van der Waals surface area contributed by atoms with E-state index in [-0.39, 0.29) is 0 Å². The number of aromatic nitrogens is 1. The van der Waals surface area contributed by atoms with Gasteiger partial charge < -0.3 is 4.90 Å². The van der Waals surface area contributed by atoms with Crippen molar-refractivity contribution in [2.45, 2.75) is 45.8 Å². The summed E-state index contributed by atoms with van der Waals surface area (Å²) in [6.07, 6.45) is 1.07. The summed E-state index contributed by atoms with van der Waals surface area (Å²) in [4.78, 5) is 8.55. The van der Waals surface area contributed by atoms with Crippen LogP contribution in [0, 0.1) is 0 Å². The summed E-state index contributed by atoms with van der Waals surface area (Å²) in [5.74, 6) is 1.33. The summed E-state index contributed by atoms with van der Waals surface area (Å²) >= 11 is 6.23. The molecule has 0 aliphatic rings. The van der Waals surface area contributed by atoms with E-state index in [1.807, 2.05) is 11.3 Å². The van der Waals surface area contributed by atoms with Crippen LogP contribution in [0.1, 0.15) is 49.2 Å². The lowest BCUT2D eigenvalue weighted by Crippen LogP contribution is -2.25. The maximum absolute atomic E-state index is 4.76. The number of nitrogens with zero attached hydrogens (tertiary/aromatic N) is 2. The highest BCUT2D eigenvalue weighted by Crippen LogP contribution is 2.26. The number of rotatable bonds is 7. The van der Waals surface area contributed by atoms with Crippen molar-refractivity contribution >= 4 is 24.0 Å². The SMILES string of the molecule is CCN(CC)CCc1nc(C(C)C)c(CS)s1. The van der Waals surface area contributed by atoms with E-state index in [0.29, 0.717) is 5.92 Å². The van der Waals surface area contributed by atoms with E-state index in [2.05, 4.69) is 45.2 Å². The van der Waals surface area contributed by atoms with Crippen LogP contribution >= 0.6 is 24.0 Å². The maximum Gasteiger partial charge on any atom is 0.0944 e. The Balaban J connectivity index is 2.66. The third-order valence-corrected chi connectivity index (χ3v) is 4.66. The highest BCUT2D eigenvalue weighted by Gasteiger charge is 2.13. The Morgan fingerprint density at radius 3 is 2.35 bits per heavy atom. The Kier molecular flexibility index (Phi) is 6.52. The fourth-order valence-electron chi connectivity index (χ4n) is 1.88. The summed E-state index contributed by atoms with van der Waals surface area (Å²) in [5, 5.41) is 1.27. The molecule has 17 heavy (non-hydrogen) atoms. The molecule has 0 saturated carbocycles. The van der Waals surface area contributed by atoms with E-state index < -0.39 is 0 Å². The van der Waals surface area contributed by atoms with Gasteiger partial charge in [-0.2, -0.15) is 12.6 Å². The first-order valence-corrected chi connectivity index (χ1v) is 7.88. The monoisotopic (exact) mass is 272 g/mol. The molecular weight excluding hydrogens is 248 g/mol. The molecule has 0 radical (unpaired) electrons. The second-order valence-electron chi connectivity index (χ2n) is 4.51. The zero-order chi connectivity index (χ0) is 12.8. The molecule has 0 N–H and O–H groups in total. The van der Waals surface area contributed by atoms with Crippen molar-refractivity contribution in [2.75, 3.05) is 19.6 Å². The average molecular weight is 272 g/mol. The molecule has 0 aliphatic heterocycles. The smallest absolute Gasteiger partial charge is 0.0944 e. The van der Waals surface area contributed by atoms with Gasteiger partial charge in [-0.15, -0.1) is 11.3 Å². The predicted molar refractivity (Wildman–Crippen MR) is 80.4 cm³/mol. The molecule has 0 atom stereocenters. The lowest BCUT2D eigenvalue weighted by Gasteiger charge is -2.16. The van der Waals surface area contributed by atoms with Gasteiger partial charge in [0.05, 0.1) is 10.7 Å². The van der Waals surface area contributed by atoms with Crippen LogP contribution in [0.25, 0.3) is 0 Å². The molecule has 0 saturated heterocycles. The van der Waals surface area contributed by atoms with Crippen LogP contribution in [0.3, 0.4) is 0 Å². The van der Waals surface area contributed by atoms with Gasteiger partial charge in [0.2, 0.25) is 0 Å². The Morgan fingerprint density at radius 2 is 1.94 bits per heavy atom. The quantitative estimate of drug-likeness (QED) is 0.764. The molecule has 98 valence electrons. The van der Waals surface area contributed by atoms with E-state index in [1.165, 1.54) is 15.6 Å². The maximum atomic E-state index is 4.76. The topological polar surface area (TPSA) is 16.1 Å². The number of thiazole rings is 1. The number of likely N-dealkylation sites (N-methyl/N-ethyl adjacent to an activating group) is 1. The molecule has 0 bridgehead atoms. The van der Waals surface area contributed by atoms with Gasteiger partial charge in [0.25, 0.3) is 0 Å². The van der Waals surface area contributed by atoms with Crippen molar-refractivity contribution in [1.82, 2.24) is 9.88 Å². The van der Waals surface area contributed by atoms with Crippen molar-refractivity contribution in [3.05, 3.63) is 15.6 Å². The number of hydrogen-bond donors (Lipinski definition) is 1. The van der Waals surface area contributed by atoms with Crippen LogP contribution in [0.5, 0.6) is 0 Å². The zero-order valence-electron chi connectivity index (χ0n) is 11.4. The highest BCUT2D eigenvalue weighted by molar-refractivity contribution is 7.79. The van der Waals surface area contributed by atoms with Gasteiger partial charge in [0, 0.05) is 23.6 Å². The molecule has 0 fully saturated rings. The minimum Gasteiger partial charge on any atom is -0.303 e. The Morgan fingerprint density at radius 1 is 1.29 bits per heavy atom. The molecule has 0 aliphatic carbocycles. The van der Waals surface area contributed by atoms with E-state index in [1.54, 1.807) is 0 Å². The largest absolute Gasteiger partial charge is 0.303 e. The van der Waals surface area contributed by atoms with E-state index in [0.717, 1.165) is 31.8 Å². The first-order chi connectivity index (χ1) is 8.12. The van der Waals surface area contributed by atoms with Crippen LogP contribution in [0.2, 0.25) is 0 Å². The van der Waals surface area contributed by atoms with E-state index >= 15 is 0 Å². The van der Waals surface area contributed by atoms with Crippen molar-refractivity contribution in [3.63, 3.8) is 0 Å². The third-order valence-electron chi connectivity index (χ3n) is 3.00. The molecular formula is C13H24N2S2. The van der Waals surface area contributed by atoms with Gasteiger partial charge in [-0.05, 0) is 19.0 Å². The summed E-state index contributed by atoms with van der Waals surface area (Å²) in [6.45, 7) is 12.2. The first kappa shape index (κ1) is 15.0. The standard InChI is InChI=1S/C13H24N2S2/c1-5-15(6-2)8-7-12-14-13(10(3)4)11(9-16)17-12/h10,16H,5-9H2,1-4H3. The normalized spacial score (nSPS) is 11.7. The van der Waals surface area contributed by atoms with Crippen molar-refractivity contribution in [1.29, 1.82) is 0 Å². The van der Waals surface area contributed by atoms with Gasteiger partial charge in [-0.1, -0.05) is 27.7 Å². The van der Waals surface area contributed by atoms with Gasteiger partial charge in [0.1, 0.15) is 0 Å². The molecule has 0 unspecified atom stereocenters. The lowest BCUT2D eigenvalue weighted by atomic mass is 10.1. The van der Waals surface area contributed by atoms with Crippen LogP contribution < -0.4 is 0 Å². The van der Waals surface area contributed by atoms with Gasteiger partial charge in [-0.25, -0.2) is 4.98 Å². The lowest BCUT2D eigenvalue weighted by molar-refractivity contribution is 0.308. The van der Waals surface area contributed by atoms with Crippen molar-refractivity contribution in [3.8, 4) is 0 Å². The van der Waals surface area contributed by atoms with Gasteiger partial charge >= 0.3 is 0 Å². The summed E-state index contributed by atoms with van der Waals surface area (Å²) in [5.41, 5.74) is 1.25. The number of hydrogen-bond acceptors (Lipinski definition) is 4. The molecule has 1 rings (SSSR count). The fraction of sp³-hybridized carbons (Fsp3) is 0.769. The molecule has 0 spiro atoms. The Labute approximate surface area is 115 Å². The fourth-order valence-corrected chi connectivity index (χ4v) is 3.31. The average Bonchev–Trinajstić information content (AvgIpc) is 2.74. The van der Waals surface area contributed by atoms with Crippen molar-refractivity contribution in [2.24, 2.45) is 0 Å². The molecule has 2 nitrogen and oxygen atoms in total. The molecule has 1 aromatic rings. The van der Waals surface area contributed by atoms with Crippen LogP contribution in [-0.2, 0) is 12.2 Å². The van der Waals surface area contributed by atoms with Crippen LogP contribution in [-0.4, -0.2) is 29.5 Å². The van der Waals surface area contributed by atoms with Gasteiger partial charge in [-0.3, -0.25) is 0 Å². The first-order valence-electron chi connectivity index (χ1n) is 6.44. The molecule has 0 amide bonds. The predicted octanol–water partition coefficient (Wildman–Crippen LogP) is 3.58. The minimum absolute atomic E-state index is 0.510. The zero-order valence-corrected chi connectivity index (χ0v) is 13.1. The summed E-state index contributed by atoms with van der Waals surface area (Å²) in [6, 6.07) is 0. The van der Waals surface area contributed by atoms with E-state index in [4.69, 9.17) is 4.98 Å². The summed E-state index contributed by atoms with van der Waals surface area (Å²) < 4.78 is 0. The highest BCUT2D eigenvalue weighted by atomic mass is 32.1. The molecule has 1 heterocycles. The third kappa shape index (κ3) is 4.27. The molecule has 1 aromatic heterocycles. The second kappa shape index (κ2) is 7.39. The van der Waals surface area contributed by atoms with E-state index in [9.17, 15) is 0 Å². The second-order valence-corrected chi connectivity index (χ2v) is 5.99. The van der Waals surface area contributed by atoms with Crippen molar-refractivity contribution < 1.29 is 0 Å². The van der Waals surface area contributed by atoms with Crippen LogP contribution in [0.15, 0.2) is 0 Å². The molecule has 4 heteroatoms. The van der Waals surface area contributed by atoms with Gasteiger partial charge in [0.15, 0.2) is 0 Å². The molecule has 0 aromatic carbocycles. The number of thiol groups is 1. The Hall–Kier alpha value is -0.0600. The Bertz CT molecular complexity index is 330. The minimum atomic E-state index is 0.510. The summed E-state index contributed by atoms with van der Waals surface area (Å²) in [7, 11) is 0.